The van der Waals surface area contributed by atoms with E-state index in [2.05, 4.69) is 6.58 Å². The van der Waals surface area contributed by atoms with Gasteiger partial charge in [0.2, 0.25) is 0 Å². The van der Waals surface area contributed by atoms with Crippen molar-refractivity contribution in [1.29, 1.82) is 0 Å². The van der Waals surface area contributed by atoms with Gasteiger partial charge in [-0.2, -0.15) is 0 Å². The van der Waals surface area contributed by atoms with Crippen LogP contribution in [0.2, 0.25) is 0 Å². The molecule has 0 spiro atoms. The molecule has 3 nitrogen and oxygen atoms in total. The number of aliphatic hydroxyl groups excluding tert-OH is 1. The number of allylic oxidation sites excluding steroid dienone is 2. The molecule has 1 rings (SSSR count). The minimum Gasteiger partial charge on any atom is -0.508 e. The third kappa shape index (κ3) is 1.75. The first-order valence-corrected chi connectivity index (χ1v) is 3.55. The van der Waals surface area contributed by atoms with Crippen LogP contribution >= 0.6 is 0 Å². The van der Waals surface area contributed by atoms with E-state index in [9.17, 15) is 4.79 Å². The molecule has 1 unspecified atom stereocenters. The second kappa shape index (κ2) is 3.26. The highest BCUT2D eigenvalue weighted by atomic mass is 16.6. The van der Waals surface area contributed by atoms with Crippen LogP contribution in [0.3, 0.4) is 0 Å². The Morgan fingerprint density at radius 1 is 1.75 bits per heavy atom. The summed E-state index contributed by atoms with van der Waals surface area (Å²) in [5, 5.41) is 9.11. The Hall–Kier alpha value is -1.51. The summed E-state index contributed by atoms with van der Waals surface area (Å²) < 4.78 is 4.84. The molecule has 0 aromatic carbocycles. The number of hydrogen-bond acceptors (Lipinski definition) is 3. The maximum absolute atomic E-state index is 11.0. The molecule has 0 heterocycles. The highest BCUT2D eigenvalue weighted by Crippen LogP contribution is 2.13. The van der Waals surface area contributed by atoms with Crippen LogP contribution in [-0.4, -0.2) is 17.2 Å². The Bertz CT molecular complexity index is 273. The van der Waals surface area contributed by atoms with E-state index >= 15 is 0 Å². The number of carbonyl (C=O) groups is 1. The molecular weight excluding hydrogens is 156 g/mol. The summed E-state index contributed by atoms with van der Waals surface area (Å²) in [7, 11) is 0. The average Bonchev–Trinajstić information content (AvgIpc) is 2.36. The molecule has 0 amide bonds. The summed E-state index contributed by atoms with van der Waals surface area (Å²) >= 11 is 0. The molecule has 0 radical (unpaired) electrons. The molecule has 1 N–H and O–H groups in total. The maximum Gasteiger partial charge on any atom is 0.334 e. The third-order valence-electron chi connectivity index (χ3n) is 1.43. The highest BCUT2D eigenvalue weighted by Gasteiger charge is 2.18. The highest BCUT2D eigenvalue weighted by molar-refractivity contribution is 5.87. The predicted molar refractivity (Wildman–Crippen MR) is 44.5 cm³/mol. The molecular formula is C9H10O3. The second-order valence-electron chi connectivity index (χ2n) is 2.58. The zero-order valence-electron chi connectivity index (χ0n) is 6.78. The first-order chi connectivity index (χ1) is 5.61. The van der Waals surface area contributed by atoms with Crippen molar-refractivity contribution in [3.63, 3.8) is 0 Å². The molecule has 1 aliphatic rings. The quantitative estimate of drug-likeness (QED) is 0.499. The summed E-state index contributed by atoms with van der Waals surface area (Å²) in [5.74, 6) is -0.448. The monoisotopic (exact) mass is 166 g/mol. The van der Waals surface area contributed by atoms with E-state index < -0.39 is 12.1 Å². The Morgan fingerprint density at radius 3 is 2.83 bits per heavy atom. The topological polar surface area (TPSA) is 46.5 Å². The second-order valence-corrected chi connectivity index (χ2v) is 2.58. The number of hydrogen-bond donors (Lipinski definition) is 1. The molecule has 0 fully saturated rings. The average molecular weight is 166 g/mol. The Balaban J connectivity index is 2.53. The summed E-state index contributed by atoms with van der Waals surface area (Å²) in [6.07, 6.45) is 4.08. The van der Waals surface area contributed by atoms with Crippen LogP contribution in [0.1, 0.15) is 6.92 Å². The number of aliphatic hydroxyl groups is 1. The van der Waals surface area contributed by atoms with Gasteiger partial charge < -0.3 is 9.84 Å². The summed E-state index contributed by atoms with van der Waals surface area (Å²) in [4.78, 5) is 11.0. The van der Waals surface area contributed by atoms with Crippen molar-refractivity contribution < 1.29 is 14.6 Å². The summed E-state index contributed by atoms with van der Waals surface area (Å²) in [6, 6.07) is 0. The molecule has 64 valence electrons. The van der Waals surface area contributed by atoms with Crippen molar-refractivity contribution in [3.05, 3.63) is 36.1 Å². The van der Waals surface area contributed by atoms with Gasteiger partial charge >= 0.3 is 5.97 Å². The van der Waals surface area contributed by atoms with Crippen molar-refractivity contribution in [3.8, 4) is 0 Å². The minimum absolute atomic E-state index is 0.0459. The Morgan fingerprint density at radius 2 is 2.42 bits per heavy atom. The maximum atomic E-state index is 11.0. The Kier molecular flexibility index (Phi) is 2.33. The van der Waals surface area contributed by atoms with Crippen LogP contribution in [0.4, 0.5) is 0 Å². The van der Waals surface area contributed by atoms with Gasteiger partial charge in [-0.25, -0.2) is 4.79 Å². The standard InChI is InChI=1S/C9H10O3/c1-6(2)9(11)12-8-5-3-4-7(8)10/h3-5,8,10H,1H2,2H3. The molecule has 1 aliphatic carbocycles. The van der Waals surface area contributed by atoms with Gasteiger partial charge in [0.25, 0.3) is 0 Å². The summed E-state index contributed by atoms with van der Waals surface area (Å²) in [5.41, 5.74) is 0.322. The SMILES string of the molecule is C=C(C)C(=O)OC1C=CC=C1O. The molecule has 12 heavy (non-hydrogen) atoms. The van der Waals surface area contributed by atoms with Gasteiger partial charge in [-0.05, 0) is 19.1 Å². The first-order valence-electron chi connectivity index (χ1n) is 3.55. The van der Waals surface area contributed by atoms with Gasteiger partial charge in [-0.1, -0.05) is 12.7 Å². The number of carbonyl (C=O) groups excluding carboxylic acids is 1. The fourth-order valence-electron chi connectivity index (χ4n) is 0.764. The zero-order chi connectivity index (χ0) is 9.14. The number of ether oxygens (including phenoxy) is 1. The molecule has 3 heteroatoms. The lowest BCUT2D eigenvalue weighted by molar-refractivity contribution is -0.141. The lowest BCUT2D eigenvalue weighted by atomic mass is 10.3. The molecule has 0 aliphatic heterocycles. The molecule has 0 saturated heterocycles. The molecule has 1 atom stereocenters. The molecule has 0 aromatic rings. The van der Waals surface area contributed by atoms with Crippen molar-refractivity contribution in [2.24, 2.45) is 0 Å². The van der Waals surface area contributed by atoms with Gasteiger partial charge in [0, 0.05) is 5.57 Å². The lowest BCUT2D eigenvalue weighted by Crippen LogP contribution is -2.16. The zero-order valence-corrected chi connectivity index (χ0v) is 6.78. The minimum atomic E-state index is -0.630. The number of rotatable bonds is 2. The predicted octanol–water partition coefficient (Wildman–Crippen LogP) is 1.49. The third-order valence-corrected chi connectivity index (χ3v) is 1.43. The van der Waals surface area contributed by atoms with Crippen molar-refractivity contribution in [2.75, 3.05) is 0 Å². The van der Waals surface area contributed by atoms with Crippen molar-refractivity contribution >= 4 is 5.97 Å². The van der Waals surface area contributed by atoms with Crippen LogP contribution < -0.4 is 0 Å². The largest absolute Gasteiger partial charge is 0.508 e. The molecule has 0 aromatic heterocycles. The first kappa shape index (κ1) is 8.59. The van der Waals surface area contributed by atoms with E-state index in [4.69, 9.17) is 9.84 Å². The number of esters is 1. The van der Waals surface area contributed by atoms with Gasteiger partial charge in [0.15, 0.2) is 6.10 Å². The van der Waals surface area contributed by atoms with E-state index in [1.165, 1.54) is 6.08 Å². The fraction of sp³-hybridized carbons (Fsp3) is 0.222. The fourth-order valence-corrected chi connectivity index (χ4v) is 0.764. The van der Waals surface area contributed by atoms with E-state index in [1.807, 2.05) is 0 Å². The van der Waals surface area contributed by atoms with E-state index in [1.54, 1.807) is 19.1 Å². The van der Waals surface area contributed by atoms with E-state index in [0.29, 0.717) is 5.57 Å². The van der Waals surface area contributed by atoms with Crippen molar-refractivity contribution in [1.82, 2.24) is 0 Å². The smallest absolute Gasteiger partial charge is 0.334 e. The Labute approximate surface area is 70.7 Å². The normalized spacial score (nSPS) is 20.4. The summed E-state index contributed by atoms with van der Waals surface area (Å²) in [6.45, 7) is 4.98. The van der Waals surface area contributed by atoms with Gasteiger partial charge in [-0.15, -0.1) is 0 Å². The van der Waals surface area contributed by atoms with E-state index in [0.717, 1.165) is 0 Å². The van der Waals surface area contributed by atoms with Crippen LogP contribution in [0.25, 0.3) is 0 Å². The van der Waals surface area contributed by atoms with Crippen LogP contribution in [0.5, 0.6) is 0 Å². The van der Waals surface area contributed by atoms with Gasteiger partial charge in [-0.3, -0.25) is 0 Å². The van der Waals surface area contributed by atoms with Gasteiger partial charge in [0.1, 0.15) is 5.76 Å². The van der Waals surface area contributed by atoms with Crippen molar-refractivity contribution in [2.45, 2.75) is 13.0 Å². The van der Waals surface area contributed by atoms with Crippen LogP contribution in [0.15, 0.2) is 36.1 Å². The molecule has 0 saturated carbocycles. The van der Waals surface area contributed by atoms with E-state index in [-0.39, 0.29) is 5.76 Å². The van der Waals surface area contributed by atoms with Crippen LogP contribution in [-0.2, 0) is 9.53 Å². The molecule has 0 bridgehead atoms. The van der Waals surface area contributed by atoms with Gasteiger partial charge in [0.05, 0.1) is 0 Å². The van der Waals surface area contributed by atoms with Crippen LogP contribution in [0, 0.1) is 0 Å². The lowest BCUT2D eigenvalue weighted by Gasteiger charge is -2.10.